The Labute approximate surface area is 109 Å². The topological polar surface area (TPSA) is 66.4 Å². The van der Waals surface area contributed by atoms with Crippen LogP contribution in [-0.2, 0) is 10.0 Å². The van der Waals surface area contributed by atoms with E-state index in [1.165, 1.54) is 0 Å². The van der Waals surface area contributed by atoms with Gasteiger partial charge in [-0.2, -0.15) is 0 Å². The maximum atomic E-state index is 11.7. The number of benzene rings is 1. The van der Waals surface area contributed by atoms with Crippen molar-refractivity contribution in [3.8, 4) is 0 Å². The average Bonchev–Trinajstić information content (AvgIpc) is 2.36. The molecule has 0 amide bonds. The van der Waals surface area contributed by atoms with Crippen LogP contribution in [0.25, 0.3) is 0 Å². The molecule has 1 aromatic carbocycles. The Balaban J connectivity index is 2.50. The maximum absolute atomic E-state index is 11.7. The van der Waals surface area contributed by atoms with Gasteiger partial charge in [0, 0.05) is 6.54 Å². The summed E-state index contributed by atoms with van der Waals surface area (Å²) in [5, 5.41) is 9.85. The molecule has 102 valence electrons. The summed E-state index contributed by atoms with van der Waals surface area (Å²) < 4.78 is 25.9. The molecule has 0 saturated carbocycles. The molecule has 0 aliphatic rings. The Bertz CT molecular complexity index is 445. The molecule has 2 N–H and O–H groups in total. The van der Waals surface area contributed by atoms with Crippen molar-refractivity contribution in [1.29, 1.82) is 0 Å². The molecule has 1 aromatic rings. The summed E-state index contributed by atoms with van der Waals surface area (Å²) in [4.78, 5) is 0. The Morgan fingerprint density at radius 3 is 2.44 bits per heavy atom. The van der Waals surface area contributed by atoms with Gasteiger partial charge in [-0.1, -0.05) is 50.6 Å². The lowest BCUT2D eigenvalue weighted by Crippen LogP contribution is -2.32. The van der Waals surface area contributed by atoms with Crippen LogP contribution in [0.15, 0.2) is 30.3 Å². The molecule has 0 bridgehead atoms. The van der Waals surface area contributed by atoms with Crippen LogP contribution < -0.4 is 4.72 Å². The van der Waals surface area contributed by atoms with Crippen molar-refractivity contribution in [1.82, 2.24) is 4.72 Å². The fourth-order valence-electron chi connectivity index (χ4n) is 1.55. The zero-order chi connectivity index (χ0) is 13.6. The summed E-state index contributed by atoms with van der Waals surface area (Å²) in [6.45, 7) is 3.87. The fourth-order valence-corrected chi connectivity index (χ4v) is 3.06. The average molecular weight is 271 g/mol. The van der Waals surface area contributed by atoms with Crippen LogP contribution in [0.5, 0.6) is 0 Å². The van der Waals surface area contributed by atoms with Gasteiger partial charge in [-0.05, 0) is 11.5 Å². The van der Waals surface area contributed by atoms with E-state index in [1.807, 2.05) is 32.0 Å². The second-order valence-corrected chi connectivity index (χ2v) is 6.42. The lowest BCUT2D eigenvalue weighted by molar-refractivity contribution is 0.182. The molecule has 0 aliphatic carbocycles. The van der Waals surface area contributed by atoms with E-state index in [1.54, 1.807) is 12.1 Å². The zero-order valence-corrected chi connectivity index (χ0v) is 11.7. The molecule has 1 rings (SSSR count). The van der Waals surface area contributed by atoms with Gasteiger partial charge in [0.1, 0.15) is 0 Å². The summed E-state index contributed by atoms with van der Waals surface area (Å²) in [5.41, 5.74) is 0.712. The first-order valence-electron chi connectivity index (χ1n) is 6.15. The van der Waals surface area contributed by atoms with Crippen molar-refractivity contribution in [2.45, 2.75) is 26.4 Å². The molecular weight excluding hydrogens is 250 g/mol. The SMILES string of the molecule is CC[C@H](C)CS(=O)(=O)NC[C@H](O)c1ccccc1. The predicted octanol–water partition coefficient (Wildman–Crippen LogP) is 1.69. The van der Waals surface area contributed by atoms with E-state index in [0.717, 1.165) is 6.42 Å². The third-order valence-electron chi connectivity index (χ3n) is 2.88. The van der Waals surface area contributed by atoms with Gasteiger partial charge in [0.15, 0.2) is 0 Å². The van der Waals surface area contributed by atoms with E-state index in [9.17, 15) is 13.5 Å². The van der Waals surface area contributed by atoms with E-state index < -0.39 is 16.1 Å². The monoisotopic (exact) mass is 271 g/mol. The molecule has 0 aromatic heterocycles. The summed E-state index contributed by atoms with van der Waals surface area (Å²) in [5.74, 6) is 0.224. The summed E-state index contributed by atoms with van der Waals surface area (Å²) >= 11 is 0. The molecule has 0 heterocycles. The fraction of sp³-hybridized carbons (Fsp3) is 0.538. The molecule has 0 radical (unpaired) electrons. The molecule has 18 heavy (non-hydrogen) atoms. The number of sulfonamides is 1. The van der Waals surface area contributed by atoms with Gasteiger partial charge in [-0.3, -0.25) is 0 Å². The molecule has 0 saturated heterocycles. The van der Waals surface area contributed by atoms with Crippen LogP contribution in [0.2, 0.25) is 0 Å². The van der Waals surface area contributed by atoms with Crippen molar-refractivity contribution < 1.29 is 13.5 Å². The molecular formula is C13H21NO3S. The van der Waals surface area contributed by atoms with Gasteiger partial charge in [-0.25, -0.2) is 13.1 Å². The van der Waals surface area contributed by atoms with Crippen LogP contribution in [0.1, 0.15) is 31.9 Å². The number of aliphatic hydroxyl groups excluding tert-OH is 1. The minimum atomic E-state index is -3.31. The predicted molar refractivity (Wildman–Crippen MR) is 72.6 cm³/mol. The molecule has 5 heteroatoms. The second-order valence-electron chi connectivity index (χ2n) is 4.57. The van der Waals surface area contributed by atoms with Crippen LogP contribution >= 0.6 is 0 Å². The molecule has 2 atom stereocenters. The summed E-state index contributed by atoms with van der Waals surface area (Å²) in [7, 11) is -3.31. The third-order valence-corrected chi connectivity index (χ3v) is 4.50. The van der Waals surface area contributed by atoms with E-state index in [0.29, 0.717) is 5.56 Å². The van der Waals surface area contributed by atoms with Gasteiger partial charge in [0.2, 0.25) is 10.0 Å². The third kappa shape index (κ3) is 5.16. The van der Waals surface area contributed by atoms with E-state index in [2.05, 4.69) is 4.72 Å². The first kappa shape index (κ1) is 15.1. The Hall–Kier alpha value is -0.910. The number of aliphatic hydroxyl groups is 1. The summed E-state index contributed by atoms with van der Waals surface area (Å²) in [6.07, 6.45) is 0.0141. The van der Waals surface area contributed by atoms with Crippen LogP contribution in [0.3, 0.4) is 0 Å². The highest BCUT2D eigenvalue weighted by atomic mass is 32.2. The molecule has 0 fully saturated rings. The Morgan fingerprint density at radius 2 is 1.89 bits per heavy atom. The van der Waals surface area contributed by atoms with E-state index in [4.69, 9.17) is 0 Å². The first-order valence-corrected chi connectivity index (χ1v) is 7.80. The van der Waals surface area contributed by atoms with Gasteiger partial charge >= 0.3 is 0 Å². The van der Waals surface area contributed by atoms with Crippen LogP contribution in [-0.4, -0.2) is 25.8 Å². The van der Waals surface area contributed by atoms with Crippen LogP contribution in [0, 0.1) is 5.92 Å². The highest BCUT2D eigenvalue weighted by Crippen LogP contribution is 2.11. The largest absolute Gasteiger partial charge is 0.387 e. The zero-order valence-electron chi connectivity index (χ0n) is 10.8. The minimum absolute atomic E-state index is 0.0166. The standard InChI is InChI=1S/C13H21NO3S/c1-3-11(2)10-18(16,17)14-9-13(15)12-7-5-4-6-8-12/h4-8,11,13-15H,3,9-10H2,1-2H3/t11-,13-/m0/s1. The number of hydrogen-bond acceptors (Lipinski definition) is 3. The number of nitrogens with one attached hydrogen (secondary N) is 1. The molecule has 0 unspecified atom stereocenters. The Kier molecular flexibility index (Phi) is 5.78. The molecule has 4 nitrogen and oxygen atoms in total. The van der Waals surface area contributed by atoms with Gasteiger partial charge < -0.3 is 5.11 Å². The van der Waals surface area contributed by atoms with E-state index >= 15 is 0 Å². The van der Waals surface area contributed by atoms with Crippen molar-refractivity contribution in [2.75, 3.05) is 12.3 Å². The number of hydrogen-bond donors (Lipinski definition) is 2. The lowest BCUT2D eigenvalue weighted by atomic mass is 10.1. The summed E-state index contributed by atoms with van der Waals surface area (Å²) in [6, 6.07) is 9.02. The van der Waals surface area contributed by atoms with Gasteiger partial charge in [0.25, 0.3) is 0 Å². The van der Waals surface area contributed by atoms with Gasteiger partial charge in [-0.15, -0.1) is 0 Å². The second kappa shape index (κ2) is 6.87. The maximum Gasteiger partial charge on any atom is 0.211 e. The molecule has 0 aliphatic heterocycles. The normalized spacial score (nSPS) is 15.3. The first-order chi connectivity index (χ1) is 8.44. The van der Waals surface area contributed by atoms with E-state index in [-0.39, 0.29) is 18.2 Å². The van der Waals surface area contributed by atoms with Crippen molar-refractivity contribution >= 4 is 10.0 Å². The quantitative estimate of drug-likeness (QED) is 0.793. The molecule has 0 spiro atoms. The van der Waals surface area contributed by atoms with Crippen molar-refractivity contribution in [2.24, 2.45) is 5.92 Å². The smallest absolute Gasteiger partial charge is 0.211 e. The van der Waals surface area contributed by atoms with Crippen LogP contribution in [0.4, 0.5) is 0 Å². The highest BCUT2D eigenvalue weighted by Gasteiger charge is 2.16. The van der Waals surface area contributed by atoms with Crippen molar-refractivity contribution in [3.63, 3.8) is 0 Å². The highest BCUT2D eigenvalue weighted by molar-refractivity contribution is 7.89. The Morgan fingerprint density at radius 1 is 1.28 bits per heavy atom. The van der Waals surface area contributed by atoms with Gasteiger partial charge in [0.05, 0.1) is 11.9 Å². The lowest BCUT2D eigenvalue weighted by Gasteiger charge is -2.14. The number of rotatable bonds is 7. The van der Waals surface area contributed by atoms with Crippen molar-refractivity contribution in [3.05, 3.63) is 35.9 Å². The minimum Gasteiger partial charge on any atom is -0.387 e.